The van der Waals surface area contributed by atoms with Crippen molar-refractivity contribution >= 4 is 29.1 Å². The van der Waals surface area contributed by atoms with E-state index in [-0.39, 0.29) is 11.5 Å². The van der Waals surface area contributed by atoms with Crippen LogP contribution in [0.25, 0.3) is 0 Å². The first-order valence-electron chi connectivity index (χ1n) is 11.7. The lowest BCUT2D eigenvalue weighted by Crippen LogP contribution is -2.64. The number of aliphatic hydroxyl groups is 2. The number of anilines is 1. The highest BCUT2D eigenvalue weighted by Crippen LogP contribution is 2.46. The van der Waals surface area contributed by atoms with Crippen molar-refractivity contribution in [2.24, 2.45) is 0 Å². The van der Waals surface area contributed by atoms with Crippen molar-refractivity contribution in [2.75, 3.05) is 37.6 Å². The van der Waals surface area contributed by atoms with Crippen LogP contribution in [0.15, 0.2) is 53.4 Å². The molecule has 0 saturated carbocycles. The van der Waals surface area contributed by atoms with E-state index in [1.807, 2.05) is 36.4 Å². The van der Waals surface area contributed by atoms with Gasteiger partial charge in [0.25, 0.3) is 0 Å². The quantitative estimate of drug-likeness (QED) is 0.497. The molecule has 6 nitrogen and oxygen atoms in total. The van der Waals surface area contributed by atoms with E-state index in [4.69, 9.17) is 16.3 Å². The molecule has 0 bridgehead atoms. The van der Waals surface area contributed by atoms with Gasteiger partial charge >= 0.3 is 0 Å². The second-order valence-electron chi connectivity index (χ2n) is 8.58. The molecule has 4 rings (SSSR count). The van der Waals surface area contributed by atoms with Gasteiger partial charge < -0.3 is 30.1 Å². The Bertz CT molecular complexity index is 902. The smallest absolute Gasteiger partial charge is 0.145 e. The second-order valence-corrected chi connectivity index (χ2v) is 10.2. The Balaban J connectivity index is 1.52. The summed E-state index contributed by atoms with van der Waals surface area (Å²) in [5, 5.41) is 25.7. The number of halogens is 1. The lowest BCUT2D eigenvalue weighted by atomic mass is 9.98. The molecular formula is C25H34ClN3O3S. The molecule has 0 aliphatic carbocycles. The highest BCUT2D eigenvalue weighted by molar-refractivity contribution is 8.00. The third kappa shape index (κ3) is 5.68. The molecule has 1 saturated heterocycles. The molecule has 0 radical (unpaired) electrons. The van der Waals surface area contributed by atoms with Crippen LogP contribution in [-0.2, 0) is 11.3 Å². The number of rotatable bonds is 9. The van der Waals surface area contributed by atoms with Crippen molar-refractivity contribution < 1.29 is 14.9 Å². The Hall–Kier alpha value is -1.32. The van der Waals surface area contributed by atoms with Gasteiger partial charge in [0.2, 0.25) is 0 Å². The Morgan fingerprint density at radius 2 is 1.85 bits per heavy atom. The van der Waals surface area contributed by atoms with Gasteiger partial charge in [-0.3, -0.25) is 0 Å². The number of fused-ring (bicyclic) bond motifs is 2. The maximum Gasteiger partial charge on any atom is 0.145 e. The standard InChI is InChI=1S/C25H34ClN3O3S/c1-3-28(4-2)12-13-29-19-14-18(26)10-11-21(19)33-24-23(31)22(30)20(32-25(24)29)16-27-15-17-8-6-5-7-9-17/h5-11,14,20,22-25,27,30-31H,3-4,12-13,15-16H2,1-2H3/t20-,22-,23+,24+,25-/m1/s1. The lowest BCUT2D eigenvalue weighted by molar-refractivity contribution is -0.162. The number of aliphatic hydroxyl groups excluding tert-OH is 2. The number of nitrogens with zero attached hydrogens (tertiary/aromatic N) is 2. The highest BCUT2D eigenvalue weighted by Gasteiger charge is 2.49. The van der Waals surface area contributed by atoms with Crippen molar-refractivity contribution in [1.29, 1.82) is 0 Å². The van der Waals surface area contributed by atoms with E-state index in [1.165, 1.54) is 5.56 Å². The van der Waals surface area contributed by atoms with Gasteiger partial charge in [-0.05, 0) is 36.9 Å². The average molecular weight is 492 g/mol. The number of hydrogen-bond acceptors (Lipinski definition) is 7. The van der Waals surface area contributed by atoms with Crippen molar-refractivity contribution in [3.05, 3.63) is 59.1 Å². The van der Waals surface area contributed by atoms with Gasteiger partial charge in [0.15, 0.2) is 0 Å². The molecule has 2 aromatic carbocycles. The summed E-state index contributed by atoms with van der Waals surface area (Å²) < 4.78 is 6.49. The largest absolute Gasteiger partial charge is 0.389 e. The van der Waals surface area contributed by atoms with Crippen LogP contribution in [0.1, 0.15) is 19.4 Å². The van der Waals surface area contributed by atoms with Gasteiger partial charge in [-0.15, -0.1) is 11.8 Å². The summed E-state index contributed by atoms with van der Waals surface area (Å²) in [6.45, 7) is 9.04. The molecule has 2 aliphatic heterocycles. The Morgan fingerprint density at radius 3 is 2.58 bits per heavy atom. The fourth-order valence-electron chi connectivity index (χ4n) is 4.56. The van der Waals surface area contributed by atoms with Crippen molar-refractivity contribution in [3.63, 3.8) is 0 Å². The molecule has 33 heavy (non-hydrogen) atoms. The number of thioether (sulfide) groups is 1. The van der Waals surface area contributed by atoms with Gasteiger partial charge in [0, 0.05) is 36.1 Å². The molecule has 180 valence electrons. The zero-order chi connectivity index (χ0) is 23.4. The summed E-state index contributed by atoms with van der Waals surface area (Å²) in [5.41, 5.74) is 2.19. The van der Waals surface area contributed by atoms with E-state index in [0.717, 1.165) is 36.8 Å². The van der Waals surface area contributed by atoms with Crippen LogP contribution in [0.4, 0.5) is 5.69 Å². The average Bonchev–Trinajstić information content (AvgIpc) is 2.83. The highest BCUT2D eigenvalue weighted by atomic mass is 35.5. The molecule has 2 heterocycles. The summed E-state index contributed by atoms with van der Waals surface area (Å²) in [4.78, 5) is 5.64. The van der Waals surface area contributed by atoms with E-state index >= 15 is 0 Å². The first kappa shape index (κ1) is 24.8. The van der Waals surface area contributed by atoms with Gasteiger partial charge in [-0.1, -0.05) is 55.8 Å². The van der Waals surface area contributed by atoms with Gasteiger partial charge in [-0.2, -0.15) is 0 Å². The maximum absolute atomic E-state index is 11.1. The first-order chi connectivity index (χ1) is 16.0. The third-order valence-electron chi connectivity index (χ3n) is 6.53. The molecule has 0 spiro atoms. The van der Waals surface area contributed by atoms with Crippen LogP contribution >= 0.6 is 23.4 Å². The molecule has 2 aromatic rings. The third-order valence-corrected chi connectivity index (χ3v) is 8.15. The maximum atomic E-state index is 11.1. The summed E-state index contributed by atoms with van der Waals surface area (Å²) in [7, 11) is 0. The molecule has 5 atom stereocenters. The van der Waals surface area contributed by atoms with E-state index in [9.17, 15) is 10.2 Å². The Labute approximate surface area is 205 Å². The number of ether oxygens (including phenoxy) is 1. The fraction of sp³-hybridized carbons (Fsp3) is 0.520. The van der Waals surface area contributed by atoms with Crippen LogP contribution in [0, 0.1) is 0 Å². The lowest BCUT2D eigenvalue weighted by Gasteiger charge is -2.51. The van der Waals surface area contributed by atoms with E-state index in [1.54, 1.807) is 11.8 Å². The molecule has 0 aromatic heterocycles. The second kappa shape index (κ2) is 11.4. The van der Waals surface area contributed by atoms with Gasteiger partial charge in [0.05, 0.1) is 17.0 Å². The number of hydrogen-bond donors (Lipinski definition) is 3. The molecule has 2 aliphatic rings. The molecule has 3 N–H and O–H groups in total. The first-order valence-corrected chi connectivity index (χ1v) is 13.0. The monoisotopic (exact) mass is 491 g/mol. The summed E-state index contributed by atoms with van der Waals surface area (Å²) in [6.07, 6.45) is -2.71. The SMILES string of the molecule is CCN(CC)CCN1c2cc(Cl)ccc2S[C@H]2[C@@H](O)[C@H](O)[C@@H](CNCc3ccccc3)O[C@H]21. The fourth-order valence-corrected chi connectivity index (χ4v) is 6.09. The predicted octanol–water partition coefficient (Wildman–Crippen LogP) is 3.20. The minimum Gasteiger partial charge on any atom is -0.389 e. The van der Waals surface area contributed by atoms with E-state index in [0.29, 0.717) is 18.1 Å². The zero-order valence-electron chi connectivity index (χ0n) is 19.2. The molecule has 0 unspecified atom stereocenters. The summed E-state index contributed by atoms with van der Waals surface area (Å²) >= 11 is 7.92. The summed E-state index contributed by atoms with van der Waals surface area (Å²) in [5.74, 6) is 0. The van der Waals surface area contributed by atoms with Crippen molar-refractivity contribution in [2.45, 2.75) is 55.1 Å². The summed E-state index contributed by atoms with van der Waals surface area (Å²) in [6, 6.07) is 16.0. The van der Waals surface area contributed by atoms with Gasteiger partial charge in [0.1, 0.15) is 18.4 Å². The van der Waals surface area contributed by atoms with Crippen LogP contribution < -0.4 is 10.2 Å². The van der Waals surface area contributed by atoms with Crippen LogP contribution in [0.3, 0.4) is 0 Å². The normalized spacial score (nSPS) is 26.8. The number of benzene rings is 2. The van der Waals surface area contributed by atoms with Crippen molar-refractivity contribution in [3.8, 4) is 0 Å². The Morgan fingerprint density at radius 1 is 1.09 bits per heavy atom. The molecule has 0 amide bonds. The van der Waals surface area contributed by atoms with E-state index in [2.05, 4.69) is 41.1 Å². The minimum atomic E-state index is -0.958. The Kier molecular flexibility index (Phi) is 8.57. The van der Waals surface area contributed by atoms with Crippen molar-refractivity contribution in [1.82, 2.24) is 10.2 Å². The van der Waals surface area contributed by atoms with Gasteiger partial charge in [-0.25, -0.2) is 0 Å². The topological polar surface area (TPSA) is 68.2 Å². The zero-order valence-corrected chi connectivity index (χ0v) is 20.8. The van der Waals surface area contributed by atoms with Crippen LogP contribution in [0.5, 0.6) is 0 Å². The predicted molar refractivity (Wildman–Crippen MR) is 135 cm³/mol. The number of likely N-dealkylation sites (N-methyl/N-ethyl adjacent to an activating group) is 1. The minimum absolute atomic E-state index is 0.282. The van der Waals surface area contributed by atoms with Crippen LogP contribution in [-0.4, -0.2) is 77.6 Å². The van der Waals surface area contributed by atoms with E-state index < -0.39 is 18.3 Å². The molecule has 1 fully saturated rings. The van der Waals surface area contributed by atoms with Crippen LogP contribution in [0.2, 0.25) is 5.02 Å². The molecule has 8 heteroatoms. The number of nitrogens with one attached hydrogen (secondary N) is 1. The molecular weight excluding hydrogens is 458 g/mol.